The van der Waals surface area contributed by atoms with Crippen molar-refractivity contribution in [1.29, 1.82) is 0 Å². The molecule has 1 N–H and O–H groups in total. The average Bonchev–Trinajstić information content (AvgIpc) is 2.87. The quantitative estimate of drug-likeness (QED) is 0.922. The lowest BCUT2D eigenvalue weighted by Crippen LogP contribution is -2.25. The summed E-state index contributed by atoms with van der Waals surface area (Å²) >= 11 is 1.20. The third-order valence-electron chi connectivity index (χ3n) is 2.98. The molecule has 0 spiro atoms. The van der Waals surface area contributed by atoms with Crippen molar-refractivity contribution >= 4 is 27.0 Å². The Bertz CT molecular complexity index is 692. The Morgan fingerprint density at radius 3 is 2.65 bits per heavy atom. The Kier molecular flexibility index (Phi) is 4.47. The van der Waals surface area contributed by atoms with Gasteiger partial charge in [0.1, 0.15) is 4.21 Å². The van der Waals surface area contributed by atoms with Gasteiger partial charge in [-0.25, -0.2) is 8.42 Å². The summed E-state index contributed by atoms with van der Waals surface area (Å²) in [5.74, 6) is 0. The first-order chi connectivity index (χ1) is 9.45. The smallest absolute Gasteiger partial charge is 0.273 e. The van der Waals surface area contributed by atoms with Crippen LogP contribution in [0.4, 0.5) is 5.69 Å². The van der Waals surface area contributed by atoms with Crippen LogP contribution in [0.25, 0.3) is 0 Å². The van der Waals surface area contributed by atoms with E-state index < -0.39 is 10.0 Å². The van der Waals surface area contributed by atoms with Crippen molar-refractivity contribution in [2.45, 2.75) is 17.6 Å². The maximum absolute atomic E-state index is 12.5. The second-order valence-electron chi connectivity index (χ2n) is 4.51. The van der Waals surface area contributed by atoms with E-state index in [0.29, 0.717) is 16.3 Å². The Morgan fingerprint density at radius 1 is 1.25 bits per heavy atom. The molecular formula is C14H17NO3S2. The van der Waals surface area contributed by atoms with Gasteiger partial charge in [-0.3, -0.25) is 4.31 Å². The molecule has 0 bridgehead atoms. The van der Waals surface area contributed by atoms with Gasteiger partial charge >= 0.3 is 0 Å². The Labute approximate surface area is 123 Å². The number of thiophene rings is 1. The zero-order valence-electron chi connectivity index (χ0n) is 11.4. The highest BCUT2D eigenvalue weighted by atomic mass is 32.2. The van der Waals surface area contributed by atoms with Crippen molar-refractivity contribution in [3.05, 3.63) is 46.8 Å². The van der Waals surface area contributed by atoms with Crippen molar-refractivity contribution < 1.29 is 13.5 Å². The molecule has 0 saturated heterocycles. The number of aryl methyl sites for hydroxylation is 1. The van der Waals surface area contributed by atoms with Gasteiger partial charge in [-0.05, 0) is 36.8 Å². The molecule has 0 unspecified atom stereocenters. The molecule has 108 valence electrons. The van der Waals surface area contributed by atoms with E-state index in [0.717, 1.165) is 10.4 Å². The number of nitrogens with zero attached hydrogens (tertiary/aromatic N) is 1. The van der Waals surface area contributed by atoms with Crippen molar-refractivity contribution in [3.8, 4) is 0 Å². The normalized spacial score (nSPS) is 11.6. The highest BCUT2D eigenvalue weighted by molar-refractivity contribution is 7.94. The van der Waals surface area contributed by atoms with Crippen LogP contribution in [0.3, 0.4) is 0 Å². The monoisotopic (exact) mass is 311 g/mol. The van der Waals surface area contributed by atoms with Crippen LogP contribution >= 0.6 is 11.3 Å². The van der Waals surface area contributed by atoms with Crippen molar-refractivity contribution in [3.63, 3.8) is 0 Å². The van der Waals surface area contributed by atoms with Crippen molar-refractivity contribution in [2.75, 3.05) is 18.0 Å². The van der Waals surface area contributed by atoms with E-state index in [9.17, 15) is 8.42 Å². The molecule has 6 heteroatoms. The van der Waals surface area contributed by atoms with E-state index in [1.54, 1.807) is 25.2 Å². The Hall–Kier alpha value is -1.37. The molecule has 0 amide bonds. The lowest BCUT2D eigenvalue weighted by molar-refractivity contribution is 0.300. The first-order valence-electron chi connectivity index (χ1n) is 6.20. The summed E-state index contributed by atoms with van der Waals surface area (Å²) in [6.07, 6.45) is 0.481. The highest BCUT2D eigenvalue weighted by Crippen LogP contribution is 2.28. The third-order valence-corrected chi connectivity index (χ3v) is 6.37. The number of hydrogen-bond donors (Lipinski definition) is 1. The van der Waals surface area contributed by atoms with E-state index >= 15 is 0 Å². The predicted octanol–water partition coefficient (Wildman–Crippen LogP) is 2.42. The Morgan fingerprint density at radius 2 is 2.00 bits per heavy atom. The zero-order chi connectivity index (χ0) is 14.8. The van der Waals surface area contributed by atoms with Gasteiger partial charge in [0.15, 0.2) is 0 Å². The molecule has 1 heterocycles. The molecule has 0 aliphatic rings. The predicted molar refractivity (Wildman–Crippen MR) is 81.9 cm³/mol. The molecule has 20 heavy (non-hydrogen) atoms. The molecule has 0 saturated carbocycles. The molecule has 0 atom stereocenters. The van der Waals surface area contributed by atoms with Gasteiger partial charge in [0, 0.05) is 25.0 Å². The first-order valence-corrected chi connectivity index (χ1v) is 8.46. The van der Waals surface area contributed by atoms with Gasteiger partial charge in [-0.1, -0.05) is 12.1 Å². The summed E-state index contributed by atoms with van der Waals surface area (Å²) in [4.78, 5) is 0.865. The molecule has 2 rings (SSSR count). The summed E-state index contributed by atoms with van der Waals surface area (Å²) in [5, 5.41) is 8.90. The fraction of sp³-hybridized carbons (Fsp3) is 0.286. The van der Waals surface area contributed by atoms with Crippen molar-refractivity contribution in [1.82, 2.24) is 0 Å². The standard InChI is InChI=1S/C14H17NO3S2/c1-11-4-3-5-12(10-11)15(2)20(17,18)14-7-6-13(19-14)8-9-16/h3-7,10,16H,8-9H2,1-2H3. The molecule has 4 nitrogen and oxygen atoms in total. The molecular weight excluding hydrogens is 294 g/mol. The van der Waals surface area contributed by atoms with Gasteiger partial charge in [-0.2, -0.15) is 0 Å². The first kappa shape index (κ1) is 15.0. The highest BCUT2D eigenvalue weighted by Gasteiger charge is 2.23. The molecule has 0 aliphatic carbocycles. The number of sulfonamides is 1. The van der Waals surface area contributed by atoms with E-state index in [1.165, 1.54) is 15.6 Å². The zero-order valence-corrected chi connectivity index (χ0v) is 13.0. The molecule has 0 aliphatic heterocycles. The molecule has 0 radical (unpaired) electrons. The van der Waals surface area contributed by atoms with E-state index in [2.05, 4.69) is 0 Å². The molecule has 0 fully saturated rings. The topological polar surface area (TPSA) is 57.6 Å². The largest absolute Gasteiger partial charge is 0.396 e. The fourth-order valence-corrected chi connectivity index (χ4v) is 4.54. The van der Waals surface area contributed by atoms with Crippen LogP contribution in [0.5, 0.6) is 0 Å². The maximum Gasteiger partial charge on any atom is 0.273 e. The number of hydrogen-bond acceptors (Lipinski definition) is 4. The van der Waals surface area contributed by atoms with Crippen LogP contribution in [0.2, 0.25) is 0 Å². The molecule has 1 aromatic heterocycles. The third kappa shape index (κ3) is 3.03. The lowest BCUT2D eigenvalue weighted by atomic mass is 10.2. The number of aliphatic hydroxyl groups is 1. The average molecular weight is 311 g/mol. The second-order valence-corrected chi connectivity index (χ2v) is 7.87. The minimum Gasteiger partial charge on any atom is -0.396 e. The molecule has 1 aromatic carbocycles. The lowest BCUT2D eigenvalue weighted by Gasteiger charge is -2.18. The summed E-state index contributed by atoms with van der Waals surface area (Å²) in [6, 6.07) is 10.7. The maximum atomic E-state index is 12.5. The summed E-state index contributed by atoms with van der Waals surface area (Å²) in [5.41, 5.74) is 1.65. The van der Waals surface area contributed by atoms with E-state index in [4.69, 9.17) is 5.11 Å². The SMILES string of the molecule is Cc1cccc(N(C)S(=O)(=O)c2ccc(CCO)s2)c1. The van der Waals surface area contributed by atoms with Crippen LogP contribution in [0.15, 0.2) is 40.6 Å². The van der Waals surface area contributed by atoms with Crippen LogP contribution in [-0.2, 0) is 16.4 Å². The van der Waals surface area contributed by atoms with Crippen LogP contribution in [0.1, 0.15) is 10.4 Å². The van der Waals surface area contributed by atoms with Crippen LogP contribution < -0.4 is 4.31 Å². The fourth-order valence-electron chi connectivity index (χ4n) is 1.84. The number of benzene rings is 1. The van der Waals surface area contributed by atoms with E-state index in [1.807, 2.05) is 25.1 Å². The number of rotatable bonds is 5. The number of aliphatic hydroxyl groups excluding tert-OH is 1. The van der Waals surface area contributed by atoms with Gasteiger partial charge in [0.2, 0.25) is 0 Å². The van der Waals surface area contributed by atoms with Gasteiger partial charge in [0.05, 0.1) is 5.69 Å². The summed E-state index contributed by atoms with van der Waals surface area (Å²) < 4.78 is 26.7. The minimum atomic E-state index is -3.54. The summed E-state index contributed by atoms with van der Waals surface area (Å²) in [7, 11) is -1.98. The van der Waals surface area contributed by atoms with Gasteiger partial charge < -0.3 is 5.11 Å². The second kappa shape index (κ2) is 5.95. The van der Waals surface area contributed by atoms with Gasteiger partial charge in [0.25, 0.3) is 10.0 Å². The minimum absolute atomic E-state index is 0.0215. The van der Waals surface area contributed by atoms with E-state index in [-0.39, 0.29) is 6.61 Å². The van der Waals surface area contributed by atoms with Crippen LogP contribution in [-0.4, -0.2) is 27.2 Å². The van der Waals surface area contributed by atoms with Crippen molar-refractivity contribution in [2.24, 2.45) is 0 Å². The van der Waals surface area contributed by atoms with Gasteiger partial charge in [-0.15, -0.1) is 11.3 Å². The summed E-state index contributed by atoms with van der Waals surface area (Å²) in [6.45, 7) is 1.95. The molecule has 2 aromatic rings. The number of anilines is 1. The van der Waals surface area contributed by atoms with Crippen LogP contribution in [0, 0.1) is 6.92 Å². The Balaban J connectivity index is 2.33.